The molecule has 158 valence electrons. The van der Waals surface area contributed by atoms with Gasteiger partial charge < -0.3 is 10.6 Å². The van der Waals surface area contributed by atoms with E-state index in [2.05, 4.69) is 16.7 Å². The Bertz CT molecular complexity index is 1030. The Hall–Kier alpha value is -3.66. The predicted molar refractivity (Wildman–Crippen MR) is 113 cm³/mol. The maximum Gasteiger partial charge on any atom is 0.325 e. The highest BCUT2D eigenvalue weighted by Crippen LogP contribution is 2.33. The minimum absolute atomic E-state index is 0.267. The molecule has 7 nitrogen and oxygen atoms in total. The first-order valence-corrected chi connectivity index (χ1v) is 10.4. The number of hydrogen-bond acceptors (Lipinski definition) is 4. The zero-order valence-corrected chi connectivity index (χ0v) is 17.1. The van der Waals surface area contributed by atoms with Crippen LogP contribution in [-0.4, -0.2) is 34.8 Å². The van der Waals surface area contributed by atoms with Crippen molar-refractivity contribution < 1.29 is 14.4 Å². The monoisotopic (exact) mass is 416 g/mol. The van der Waals surface area contributed by atoms with Crippen LogP contribution in [-0.2, 0) is 21.5 Å². The molecule has 1 aliphatic heterocycles. The summed E-state index contributed by atoms with van der Waals surface area (Å²) >= 11 is 0. The summed E-state index contributed by atoms with van der Waals surface area (Å²) in [5.74, 6) is -0.976. The Balaban J connectivity index is 1.60. The molecule has 0 aromatic heterocycles. The second-order valence-electron chi connectivity index (χ2n) is 8.20. The molecule has 1 saturated carbocycles. The smallest absolute Gasteiger partial charge is 0.325 e. The minimum atomic E-state index is -1.29. The SMILES string of the molecule is N#CC1(NC(=O)CN2C(=O)NC(Cc3ccccc3)(c3ccccc3)C2=O)CCCC1. The van der Waals surface area contributed by atoms with E-state index in [0.29, 0.717) is 18.4 Å². The summed E-state index contributed by atoms with van der Waals surface area (Å²) < 4.78 is 0. The highest BCUT2D eigenvalue weighted by molar-refractivity contribution is 6.09. The van der Waals surface area contributed by atoms with Crippen LogP contribution >= 0.6 is 0 Å². The van der Waals surface area contributed by atoms with Gasteiger partial charge in [-0.3, -0.25) is 14.5 Å². The first-order valence-electron chi connectivity index (χ1n) is 10.4. The van der Waals surface area contributed by atoms with Gasteiger partial charge in [-0.1, -0.05) is 60.7 Å². The van der Waals surface area contributed by atoms with Crippen molar-refractivity contribution in [1.29, 1.82) is 5.26 Å². The Morgan fingerprint density at radius 2 is 1.65 bits per heavy atom. The van der Waals surface area contributed by atoms with Crippen LogP contribution in [0.2, 0.25) is 0 Å². The van der Waals surface area contributed by atoms with Gasteiger partial charge in [-0.25, -0.2) is 4.79 Å². The molecule has 0 spiro atoms. The van der Waals surface area contributed by atoms with Crippen molar-refractivity contribution >= 4 is 17.8 Å². The van der Waals surface area contributed by atoms with Gasteiger partial charge >= 0.3 is 6.03 Å². The molecule has 1 saturated heterocycles. The van der Waals surface area contributed by atoms with E-state index in [4.69, 9.17) is 0 Å². The van der Waals surface area contributed by atoms with E-state index in [1.165, 1.54) is 0 Å². The molecule has 7 heteroatoms. The molecule has 1 unspecified atom stereocenters. The maximum atomic E-state index is 13.6. The molecule has 0 bridgehead atoms. The van der Waals surface area contributed by atoms with Crippen LogP contribution in [0.15, 0.2) is 60.7 Å². The first kappa shape index (κ1) is 20.6. The largest absolute Gasteiger partial charge is 0.336 e. The second kappa shape index (κ2) is 8.23. The molecule has 2 N–H and O–H groups in total. The number of urea groups is 1. The average Bonchev–Trinajstić information content (AvgIpc) is 3.34. The lowest BCUT2D eigenvalue weighted by Crippen LogP contribution is -2.50. The summed E-state index contributed by atoms with van der Waals surface area (Å²) in [6, 6.07) is 20.1. The van der Waals surface area contributed by atoms with E-state index in [0.717, 1.165) is 23.3 Å². The van der Waals surface area contributed by atoms with Crippen LogP contribution in [0.5, 0.6) is 0 Å². The normalized spacial score (nSPS) is 22.1. The Kier molecular flexibility index (Phi) is 5.47. The molecule has 2 aromatic rings. The van der Waals surface area contributed by atoms with Crippen LogP contribution < -0.4 is 10.6 Å². The topological polar surface area (TPSA) is 102 Å². The van der Waals surface area contributed by atoms with Crippen molar-refractivity contribution in [2.24, 2.45) is 0 Å². The molecule has 31 heavy (non-hydrogen) atoms. The Morgan fingerprint density at radius 1 is 1.03 bits per heavy atom. The van der Waals surface area contributed by atoms with Gasteiger partial charge in [0.2, 0.25) is 5.91 Å². The number of hydrogen-bond donors (Lipinski definition) is 2. The van der Waals surface area contributed by atoms with Crippen LogP contribution in [0, 0.1) is 11.3 Å². The number of imide groups is 1. The molecule has 4 rings (SSSR count). The third kappa shape index (κ3) is 3.89. The van der Waals surface area contributed by atoms with Gasteiger partial charge in [0.15, 0.2) is 5.54 Å². The van der Waals surface area contributed by atoms with Crippen molar-refractivity contribution in [3.63, 3.8) is 0 Å². The molecule has 2 aromatic carbocycles. The van der Waals surface area contributed by atoms with Crippen LogP contribution in [0.1, 0.15) is 36.8 Å². The zero-order valence-electron chi connectivity index (χ0n) is 17.1. The van der Waals surface area contributed by atoms with E-state index in [-0.39, 0.29) is 6.42 Å². The van der Waals surface area contributed by atoms with Gasteiger partial charge in [-0.15, -0.1) is 0 Å². The molecule has 1 heterocycles. The summed E-state index contributed by atoms with van der Waals surface area (Å²) in [5, 5.41) is 15.1. The number of benzene rings is 2. The van der Waals surface area contributed by atoms with E-state index < -0.39 is 35.5 Å². The van der Waals surface area contributed by atoms with Crippen molar-refractivity contribution in [3.8, 4) is 6.07 Å². The molecule has 0 radical (unpaired) electrons. The third-order valence-electron chi connectivity index (χ3n) is 6.11. The van der Waals surface area contributed by atoms with Crippen molar-refractivity contribution in [2.75, 3.05) is 6.54 Å². The Morgan fingerprint density at radius 3 is 2.26 bits per heavy atom. The van der Waals surface area contributed by atoms with Crippen molar-refractivity contribution in [2.45, 2.75) is 43.2 Å². The Labute approximate surface area is 181 Å². The van der Waals surface area contributed by atoms with Crippen LogP contribution in [0.4, 0.5) is 4.79 Å². The predicted octanol–water partition coefficient (Wildman–Crippen LogP) is 2.63. The lowest BCUT2D eigenvalue weighted by molar-refractivity contribution is -0.135. The molecule has 2 aliphatic rings. The van der Waals surface area contributed by atoms with Crippen molar-refractivity contribution in [3.05, 3.63) is 71.8 Å². The van der Waals surface area contributed by atoms with Gasteiger partial charge in [0.05, 0.1) is 6.07 Å². The number of nitrogens with zero attached hydrogens (tertiary/aromatic N) is 2. The number of rotatable bonds is 6. The van der Waals surface area contributed by atoms with Gasteiger partial charge in [0.1, 0.15) is 12.1 Å². The summed E-state index contributed by atoms with van der Waals surface area (Å²) in [5.41, 5.74) is -0.651. The van der Waals surface area contributed by atoms with Crippen molar-refractivity contribution in [1.82, 2.24) is 15.5 Å². The number of amides is 4. The molecular weight excluding hydrogens is 392 g/mol. The molecule has 2 fully saturated rings. The van der Waals surface area contributed by atoms with E-state index in [9.17, 15) is 19.6 Å². The van der Waals surface area contributed by atoms with Gasteiger partial charge in [-0.2, -0.15) is 5.26 Å². The number of carbonyl (C=O) groups is 3. The summed E-state index contributed by atoms with van der Waals surface area (Å²) in [4.78, 5) is 40.0. The fraction of sp³-hybridized carbons (Fsp3) is 0.333. The fourth-order valence-corrected chi connectivity index (χ4v) is 4.51. The molecule has 1 aliphatic carbocycles. The van der Waals surface area contributed by atoms with Gasteiger partial charge in [0, 0.05) is 6.42 Å². The molecule has 4 amide bonds. The number of carbonyl (C=O) groups excluding carboxylic acids is 3. The van der Waals surface area contributed by atoms with Crippen LogP contribution in [0.25, 0.3) is 0 Å². The summed E-state index contributed by atoms with van der Waals surface area (Å²) in [6.45, 7) is -0.419. The minimum Gasteiger partial charge on any atom is -0.336 e. The number of nitrogens with one attached hydrogen (secondary N) is 2. The van der Waals surface area contributed by atoms with Crippen LogP contribution in [0.3, 0.4) is 0 Å². The van der Waals surface area contributed by atoms with E-state index in [1.54, 1.807) is 12.1 Å². The maximum absolute atomic E-state index is 13.6. The molecule has 1 atom stereocenters. The quantitative estimate of drug-likeness (QED) is 0.707. The number of nitriles is 1. The summed E-state index contributed by atoms with van der Waals surface area (Å²) in [6.07, 6.45) is 3.16. The average molecular weight is 416 g/mol. The third-order valence-corrected chi connectivity index (χ3v) is 6.11. The lowest BCUT2D eigenvalue weighted by atomic mass is 9.83. The van der Waals surface area contributed by atoms with E-state index >= 15 is 0 Å². The standard InChI is InChI=1S/C24H24N4O3/c25-17-23(13-7-8-14-23)26-20(29)16-28-21(30)24(27-22(28)31,19-11-5-2-6-12-19)15-18-9-3-1-4-10-18/h1-6,9-12H,7-8,13-16H2,(H,26,29)(H,27,31). The molecular formula is C24H24N4O3. The second-order valence-corrected chi connectivity index (χ2v) is 8.20. The highest BCUT2D eigenvalue weighted by atomic mass is 16.2. The first-order chi connectivity index (χ1) is 15.0. The van der Waals surface area contributed by atoms with Gasteiger partial charge in [0.25, 0.3) is 5.91 Å². The lowest BCUT2D eigenvalue weighted by Gasteiger charge is -2.28. The fourth-order valence-electron chi connectivity index (χ4n) is 4.51. The van der Waals surface area contributed by atoms with E-state index in [1.807, 2.05) is 48.5 Å². The summed E-state index contributed by atoms with van der Waals surface area (Å²) in [7, 11) is 0. The zero-order chi connectivity index (χ0) is 21.9. The highest BCUT2D eigenvalue weighted by Gasteiger charge is 2.53. The van der Waals surface area contributed by atoms with Gasteiger partial charge in [-0.05, 0) is 36.8 Å².